The fourth-order valence-electron chi connectivity index (χ4n) is 2.33. The second kappa shape index (κ2) is 6.31. The minimum atomic E-state index is -0.132. The molecule has 0 amide bonds. The normalized spacial score (nSPS) is 12.6. The molecule has 3 heteroatoms. The lowest BCUT2D eigenvalue weighted by molar-refractivity contribution is 0.561. The molecule has 0 radical (unpaired) electrons. The summed E-state index contributed by atoms with van der Waals surface area (Å²) < 4.78 is 14.1. The van der Waals surface area contributed by atoms with E-state index in [9.17, 15) is 4.39 Å². The summed E-state index contributed by atoms with van der Waals surface area (Å²) in [5.74, 6) is -0.132. The third kappa shape index (κ3) is 3.04. The predicted octanol–water partition coefficient (Wildman–Crippen LogP) is 4.46. The van der Waals surface area contributed by atoms with Crippen LogP contribution in [-0.4, -0.2) is 6.54 Å². The molecule has 0 saturated carbocycles. The van der Waals surface area contributed by atoms with Crippen molar-refractivity contribution in [3.8, 4) is 0 Å². The van der Waals surface area contributed by atoms with E-state index in [-0.39, 0.29) is 11.9 Å². The third-order valence-corrected chi connectivity index (χ3v) is 4.32. The van der Waals surface area contributed by atoms with Crippen molar-refractivity contribution in [1.29, 1.82) is 0 Å². The minimum Gasteiger partial charge on any atom is -0.306 e. The molecule has 1 aromatic carbocycles. The lowest BCUT2D eigenvalue weighted by Gasteiger charge is -2.20. The van der Waals surface area contributed by atoms with Crippen LogP contribution in [0.2, 0.25) is 0 Å². The highest BCUT2D eigenvalue weighted by Gasteiger charge is 2.20. The number of halogens is 1. The number of nitrogens with one attached hydrogen (secondary N) is 1. The van der Waals surface area contributed by atoms with Crippen LogP contribution in [0.15, 0.2) is 29.6 Å². The molecule has 2 rings (SSSR count). The Morgan fingerprint density at radius 3 is 2.74 bits per heavy atom. The van der Waals surface area contributed by atoms with Crippen LogP contribution >= 0.6 is 11.3 Å². The van der Waals surface area contributed by atoms with Gasteiger partial charge in [-0.25, -0.2) is 4.39 Å². The van der Waals surface area contributed by atoms with Gasteiger partial charge in [0.05, 0.1) is 6.04 Å². The van der Waals surface area contributed by atoms with Crippen molar-refractivity contribution in [3.63, 3.8) is 0 Å². The van der Waals surface area contributed by atoms with Crippen molar-refractivity contribution < 1.29 is 4.39 Å². The fraction of sp³-hybridized carbons (Fsp3) is 0.375. The zero-order valence-corrected chi connectivity index (χ0v) is 12.5. The molecule has 1 heterocycles. The monoisotopic (exact) mass is 277 g/mol. The first-order valence-electron chi connectivity index (χ1n) is 6.73. The van der Waals surface area contributed by atoms with E-state index in [0.29, 0.717) is 0 Å². The molecule has 1 nitrogen and oxygen atoms in total. The van der Waals surface area contributed by atoms with Gasteiger partial charge in [0.2, 0.25) is 0 Å². The van der Waals surface area contributed by atoms with E-state index in [1.807, 2.05) is 19.1 Å². The van der Waals surface area contributed by atoms with Gasteiger partial charge < -0.3 is 5.32 Å². The molecule has 1 unspecified atom stereocenters. The van der Waals surface area contributed by atoms with Crippen LogP contribution in [0, 0.1) is 12.7 Å². The van der Waals surface area contributed by atoms with E-state index >= 15 is 0 Å². The average Bonchev–Trinajstić information content (AvgIpc) is 2.87. The van der Waals surface area contributed by atoms with Crippen LogP contribution in [0.5, 0.6) is 0 Å². The van der Waals surface area contributed by atoms with Crippen molar-refractivity contribution in [1.82, 2.24) is 5.32 Å². The Bertz CT molecular complexity index is 547. The largest absolute Gasteiger partial charge is 0.306 e. The van der Waals surface area contributed by atoms with E-state index in [1.165, 1.54) is 10.4 Å². The van der Waals surface area contributed by atoms with Crippen LogP contribution < -0.4 is 5.32 Å². The van der Waals surface area contributed by atoms with E-state index in [0.717, 1.165) is 24.1 Å². The fourth-order valence-corrected chi connectivity index (χ4v) is 3.41. The summed E-state index contributed by atoms with van der Waals surface area (Å²) in [5, 5.41) is 5.50. The van der Waals surface area contributed by atoms with Crippen molar-refractivity contribution >= 4 is 11.3 Å². The Balaban J connectivity index is 2.48. The summed E-state index contributed by atoms with van der Waals surface area (Å²) in [6.07, 6.45) is 0.980. The van der Waals surface area contributed by atoms with Crippen LogP contribution in [0.3, 0.4) is 0 Å². The number of benzene rings is 1. The molecule has 1 N–H and O–H groups in total. The average molecular weight is 277 g/mol. The highest BCUT2D eigenvalue weighted by Crippen LogP contribution is 2.32. The molecular formula is C16H20FNS. The van der Waals surface area contributed by atoms with Gasteiger partial charge in [-0.1, -0.05) is 31.5 Å². The van der Waals surface area contributed by atoms with Gasteiger partial charge >= 0.3 is 0 Å². The van der Waals surface area contributed by atoms with E-state index in [1.54, 1.807) is 17.4 Å². The van der Waals surface area contributed by atoms with Crippen LogP contribution in [0.4, 0.5) is 4.39 Å². The standard InChI is InChI=1S/C16H20FNS/c1-4-12-8-9-19-16(12)15(18-5-2)13-10-11(3)6-7-14(13)17/h6-10,15,18H,4-5H2,1-3H3. The summed E-state index contributed by atoms with van der Waals surface area (Å²) in [4.78, 5) is 1.23. The van der Waals surface area contributed by atoms with E-state index in [4.69, 9.17) is 0 Å². The topological polar surface area (TPSA) is 12.0 Å². The number of hydrogen-bond acceptors (Lipinski definition) is 2. The summed E-state index contributed by atoms with van der Waals surface area (Å²) in [6, 6.07) is 7.42. The van der Waals surface area contributed by atoms with Crippen LogP contribution in [0.25, 0.3) is 0 Å². The Morgan fingerprint density at radius 1 is 1.26 bits per heavy atom. The Morgan fingerprint density at radius 2 is 2.05 bits per heavy atom. The summed E-state index contributed by atoms with van der Waals surface area (Å²) in [7, 11) is 0. The number of rotatable bonds is 5. The first-order chi connectivity index (χ1) is 9.17. The quantitative estimate of drug-likeness (QED) is 0.851. The highest BCUT2D eigenvalue weighted by molar-refractivity contribution is 7.10. The third-order valence-electron chi connectivity index (χ3n) is 3.29. The second-order valence-electron chi connectivity index (χ2n) is 4.68. The van der Waals surface area contributed by atoms with Gasteiger partial charge in [0, 0.05) is 10.4 Å². The Labute approximate surface area is 118 Å². The minimum absolute atomic E-state index is 0.0418. The molecule has 0 aliphatic heterocycles. The van der Waals surface area contributed by atoms with Crippen molar-refractivity contribution in [3.05, 3.63) is 57.0 Å². The lowest BCUT2D eigenvalue weighted by Crippen LogP contribution is -2.23. The van der Waals surface area contributed by atoms with Crippen molar-refractivity contribution in [2.45, 2.75) is 33.2 Å². The summed E-state index contributed by atoms with van der Waals surface area (Å²) in [5.41, 5.74) is 3.14. The molecule has 2 aromatic rings. The molecule has 0 saturated heterocycles. The van der Waals surface area contributed by atoms with Gasteiger partial charge in [-0.15, -0.1) is 11.3 Å². The smallest absolute Gasteiger partial charge is 0.128 e. The van der Waals surface area contributed by atoms with Gasteiger partial charge in [0.1, 0.15) is 5.82 Å². The van der Waals surface area contributed by atoms with Crippen LogP contribution in [-0.2, 0) is 6.42 Å². The van der Waals surface area contributed by atoms with Gasteiger partial charge in [0.25, 0.3) is 0 Å². The second-order valence-corrected chi connectivity index (χ2v) is 5.63. The highest BCUT2D eigenvalue weighted by atomic mass is 32.1. The molecule has 0 fully saturated rings. The maximum Gasteiger partial charge on any atom is 0.128 e. The molecule has 1 atom stereocenters. The van der Waals surface area contributed by atoms with Crippen molar-refractivity contribution in [2.24, 2.45) is 0 Å². The summed E-state index contributed by atoms with van der Waals surface area (Å²) in [6.45, 7) is 7.02. The number of hydrogen-bond donors (Lipinski definition) is 1. The molecule has 0 spiro atoms. The zero-order valence-electron chi connectivity index (χ0n) is 11.7. The Kier molecular flexibility index (Phi) is 4.72. The number of aryl methyl sites for hydroxylation is 2. The van der Waals surface area contributed by atoms with Gasteiger partial charge in [-0.05, 0) is 43.0 Å². The Hall–Kier alpha value is -1.19. The van der Waals surface area contributed by atoms with E-state index < -0.39 is 0 Å². The molecule has 0 aliphatic rings. The van der Waals surface area contributed by atoms with Gasteiger partial charge in [0.15, 0.2) is 0 Å². The maximum atomic E-state index is 14.1. The maximum absolute atomic E-state index is 14.1. The lowest BCUT2D eigenvalue weighted by atomic mass is 9.99. The zero-order chi connectivity index (χ0) is 13.8. The number of thiophene rings is 1. The molecule has 0 bridgehead atoms. The molecule has 0 aliphatic carbocycles. The SMILES string of the molecule is CCNC(c1cc(C)ccc1F)c1sccc1CC. The summed E-state index contributed by atoms with van der Waals surface area (Å²) >= 11 is 1.70. The van der Waals surface area contributed by atoms with Crippen molar-refractivity contribution in [2.75, 3.05) is 6.54 Å². The molecular weight excluding hydrogens is 257 g/mol. The first kappa shape index (κ1) is 14.2. The first-order valence-corrected chi connectivity index (χ1v) is 7.61. The van der Waals surface area contributed by atoms with E-state index in [2.05, 4.69) is 30.6 Å². The molecule has 102 valence electrons. The van der Waals surface area contributed by atoms with Gasteiger partial charge in [-0.2, -0.15) is 0 Å². The predicted molar refractivity (Wildman–Crippen MR) is 80.4 cm³/mol. The van der Waals surface area contributed by atoms with Crippen LogP contribution in [0.1, 0.15) is 41.5 Å². The molecule has 1 aromatic heterocycles. The van der Waals surface area contributed by atoms with Gasteiger partial charge in [-0.3, -0.25) is 0 Å². The molecule has 19 heavy (non-hydrogen) atoms.